The first kappa shape index (κ1) is 15.3. The predicted molar refractivity (Wildman–Crippen MR) is 82.5 cm³/mol. The van der Waals surface area contributed by atoms with Crippen LogP contribution in [0.5, 0.6) is 0 Å². The first-order valence-corrected chi connectivity index (χ1v) is 6.97. The summed E-state index contributed by atoms with van der Waals surface area (Å²) in [5.74, 6) is -0.115. The Balaban J connectivity index is 2.12. The van der Waals surface area contributed by atoms with Gasteiger partial charge in [0.1, 0.15) is 6.04 Å². The molecule has 1 aromatic carbocycles. The zero-order valence-corrected chi connectivity index (χ0v) is 12.9. The normalized spacial score (nSPS) is 13.8. The van der Waals surface area contributed by atoms with Gasteiger partial charge in [-0.25, -0.2) is 0 Å². The minimum atomic E-state index is -0.684. The number of aromatic nitrogens is 2. The number of amides is 1. The quantitative estimate of drug-likeness (QED) is 0.934. The largest absolute Gasteiger partial charge is 0.337 e. The van der Waals surface area contributed by atoms with Crippen molar-refractivity contribution in [1.29, 1.82) is 0 Å². The minimum absolute atomic E-state index is 0.0270. The lowest BCUT2D eigenvalue weighted by atomic mass is 10.0. The number of benzene rings is 1. The summed E-state index contributed by atoms with van der Waals surface area (Å²) in [7, 11) is 3.59. The van der Waals surface area contributed by atoms with Gasteiger partial charge in [-0.05, 0) is 19.4 Å². The summed E-state index contributed by atoms with van der Waals surface area (Å²) in [4.78, 5) is 14.2. The second-order valence-corrected chi connectivity index (χ2v) is 5.46. The maximum Gasteiger partial charge on any atom is 0.244 e. The van der Waals surface area contributed by atoms with Gasteiger partial charge in [-0.1, -0.05) is 29.8 Å². The molecule has 2 atom stereocenters. The molecule has 0 saturated heterocycles. The Morgan fingerprint density at radius 3 is 2.43 bits per heavy atom. The van der Waals surface area contributed by atoms with E-state index in [0.717, 1.165) is 11.1 Å². The lowest BCUT2D eigenvalue weighted by Crippen LogP contribution is -2.37. The zero-order valence-electron chi connectivity index (χ0n) is 12.9. The first-order valence-electron chi connectivity index (χ1n) is 6.97. The average molecular weight is 286 g/mol. The molecule has 0 spiro atoms. The van der Waals surface area contributed by atoms with Gasteiger partial charge in [-0.15, -0.1) is 0 Å². The molecule has 21 heavy (non-hydrogen) atoms. The van der Waals surface area contributed by atoms with Crippen LogP contribution in [0.4, 0.5) is 0 Å². The highest BCUT2D eigenvalue weighted by Crippen LogP contribution is 2.22. The van der Waals surface area contributed by atoms with E-state index in [1.54, 1.807) is 36.1 Å². The van der Waals surface area contributed by atoms with E-state index in [1.807, 2.05) is 38.1 Å². The van der Waals surface area contributed by atoms with Gasteiger partial charge >= 0.3 is 0 Å². The van der Waals surface area contributed by atoms with Crippen LogP contribution in [0.3, 0.4) is 0 Å². The van der Waals surface area contributed by atoms with E-state index in [4.69, 9.17) is 5.73 Å². The van der Waals surface area contributed by atoms with Crippen LogP contribution >= 0.6 is 0 Å². The van der Waals surface area contributed by atoms with Gasteiger partial charge in [-0.3, -0.25) is 9.48 Å². The third-order valence-corrected chi connectivity index (χ3v) is 3.84. The molecule has 0 fully saturated rings. The van der Waals surface area contributed by atoms with Gasteiger partial charge in [0, 0.05) is 25.9 Å². The van der Waals surface area contributed by atoms with E-state index >= 15 is 0 Å². The molecule has 0 radical (unpaired) electrons. The molecule has 0 aliphatic heterocycles. The van der Waals surface area contributed by atoms with Crippen LogP contribution < -0.4 is 5.73 Å². The smallest absolute Gasteiger partial charge is 0.244 e. The Hall–Kier alpha value is -2.14. The van der Waals surface area contributed by atoms with E-state index in [0.29, 0.717) is 0 Å². The number of aryl methyl sites for hydroxylation is 2. The molecule has 5 heteroatoms. The van der Waals surface area contributed by atoms with Crippen LogP contribution in [0.15, 0.2) is 36.7 Å². The SMILES string of the molecule is Cc1ccc(C(C)N(C)C(=O)C(N)c2cnn(C)c2)cc1. The van der Waals surface area contributed by atoms with Crippen molar-refractivity contribution in [2.24, 2.45) is 12.8 Å². The van der Waals surface area contributed by atoms with Gasteiger partial charge in [0.15, 0.2) is 0 Å². The fourth-order valence-corrected chi connectivity index (χ4v) is 2.22. The van der Waals surface area contributed by atoms with Crippen LogP contribution in [-0.4, -0.2) is 27.6 Å². The number of nitrogens with zero attached hydrogens (tertiary/aromatic N) is 3. The van der Waals surface area contributed by atoms with Crippen LogP contribution in [0.2, 0.25) is 0 Å². The number of hydrogen-bond donors (Lipinski definition) is 1. The Morgan fingerprint density at radius 1 is 1.29 bits per heavy atom. The first-order chi connectivity index (χ1) is 9.90. The Morgan fingerprint density at radius 2 is 1.90 bits per heavy atom. The monoisotopic (exact) mass is 286 g/mol. The molecular formula is C16H22N4O. The molecule has 0 aliphatic carbocycles. The van der Waals surface area contributed by atoms with Crippen LogP contribution in [0.25, 0.3) is 0 Å². The third kappa shape index (κ3) is 3.31. The standard InChI is InChI=1S/C16H22N4O/c1-11-5-7-13(8-6-11)12(2)20(4)16(21)15(17)14-9-18-19(3)10-14/h5-10,12,15H,17H2,1-4H3. The van der Waals surface area contributed by atoms with E-state index in [1.165, 1.54) is 5.56 Å². The fourth-order valence-electron chi connectivity index (χ4n) is 2.22. The van der Waals surface area contributed by atoms with Gasteiger partial charge in [0.2, 0.25) is 5.91 Å². The van der Waals surface area contributed by atoms with Crippen molar-refractivity contribution in [1.82, 2.24) is 14.7 Å². The Labute approximate surface area is 125 Å². The lowest BCUT2D eigenvalue weighted by molar-refractivity contribution is -0.133. The summed E-state index contributed by atoms with van der Waals surface area (Å²) in [6.45, 7) is 4.04. The van der Waals surface area contributed by atoms with Crippen LogP contribution in [0, 0.1) is 6.92 Å². The minimum Gasteiger partial charge on any atom is -0.337 e. The lowest BCUT2D eigenvalue weighted by Gasteiger charge is -2.27. The van der Waals surface area contributed by atoms with Gasteiger partial charge in [0.25, 0.3) is 0 Å². The highest BCUT2D eigenvalue weighted by Gasteiger charge is 2.24. The van der Waals surface area contributed by atoms with Crippen molar-refractivity contribution in [3.05, 3.63) is 53.3 Å². The molecule has 2 N–H and O–H groups in total. The van der Waals surface area contributed by atoms with Crippen molar-refractivity contribution in [3.63, 3.8) is 0 Å². The molecule has 0 bridgehead atoms. The number of nitrogens with two attached hydrogens (primary N) is 1. The molecule has 0 aliphatic rings. The number of carbonyl (C=O) groups is 1. The molecule has 2 unspecified atom stereocenters. The van der Waals surface area contributed by atoms with Gasteiger partial charge in [-0.2, -0.15) is 5.10 Å². The van der Waals surface area contributed by atoms with Crippen LogP contribution in [-0.2, 0) is 11.8 Å². The van der Waals surface area contributed by atoms with Crippen LogP contribution in [0.1, 0.15) is 35.7 Å². The van der Waals surface area contributed by atoms with E-state index in [-0.39, 0.29) is 11.9 Å². The number of likely N-dealkylation sites (N-methyl/N-ethyl adjacent to an activating group) is 1. The molecule has 0 saturated carbocycles. The average Bonchev–Trinajstić information content (AvgIpc) is 2.91. The van der Waals surface area contributed by atoms with Crippen molar-refractivity contribution in [3.8, 4) is 0 Å². The molecule has 1 heterocycles. The third-order valence-electron chi connectivity index (χ3n) is 3.84. The summed E-state index contributed by atoms with van der Waals surface area (Å²) in [6, 6.07) is 7.47. The summed E-state index contributed by atoms with van der Waals surface area (Å²) in [6.07, 6.45) is 3.40. The van der Waals surface area contributed by atoms with Crippen molar-refractivity contribution in [2.75, 3.05) is 7.05 Å². The second kappa shape index (κ2) is 6.10. The summed E-state index contributed by atoms with van der Waals surface area (Å²) >= 11 is 0. The number of hydrogen-bond acceptors (Lipinski definition) is 3. The Bertz CT molecular complexity index is 617. The summed E-state index contributed by atoms with van der Waals surface area (Å²) in [5.41, 5.74) is 9.07. The maximum absolute atomic E-state index is 12.5. The van der Waals surface area contributed by atoms with E-state index in [2.05, 4.69) is 5.10 Å². The molecule has 5 nitrogen and oxygen atoms in total. The summed E-state index contributed by atoms with van der Waals surface area (Å²) < 4.78 is 1.64. The topological polar surface area (TPSA) is 64.2 Å². The second-order valence-electron chi connectivity index (χ2n) is 5.46. The molecule has 1 aromatic heterocycles. The highest BCUT2D eigenvalue weighted by molar-refractivity contribution is 5.83. The molecular weight excluding hydrogens is 264 g/mol. The highest BCUT2D eigenvalue weighted by atomic mass is 16.2. The van der Waals surface area contributed by atoms with Gasteiger partial charge < -0.3 is 10.6 Å². The van der Waals surface area contributed by atoms with Crippen molar-refractivity contribution in [2.45, 2.75) is 25.9 Å². The molecule has 1 amide bonds. The molecule has 112 valence electrons. The maximum atomic E-state index is 12.5. The van der Waals surface area contributed by atoms with Crippen molar-refractivity contribution >= 4 is 5.91 Å². The Kier molecular flexibility index (Phi) is 4.43. The number of carbonyl (C=O) groups excluding carboxylic acids is 1. The zero-order chi connectivity index (χ0) is 15.6. The van der Waals surface area contributed by atoms with E-state index < -0.39 is 6.04 Å². The molecule has 2 rings (SSSR count). The van der Waals surface area contributed by atoms with E-state index in [9.17, 15) is 4.79 Å². The van der Waals surface area contributed by atoms with Crippen molar-refractivity contribution < 1.29 is 4.79 Å². The number of rotatable bonds is 4. The summed E-state index contributed by atoms with van der Waals surface area (Å²) in [5, 5.41) is 4.06. The van der Waals surface area contributed by atoms with Gasteiger partial charge in [0.05, 0.1) is 12.2 Å². The fraction of sp³-hybridized carbons (Fsp3) is 0.375. The predicted octanol–water partition coefficient (Wildman–Crippen LogP) is 1.95. The molecule has 2 aromatic rings.